The second-order valence-electron chi connectivity index (χ2n) is 5.51. The lowest BCUT2D eigenvalue weighted by Gasteiger charge is -2.32. The number of piperazine rings is 1. The van der Waals surface area contributed by atoms with E-state index in [1.54, 1.807) is 4.90 Å². The molecule has 3 nitrogen and oxygen atoms in total. The van der Waals surface area contributed by atoms with Crippen LogP contribution < -0.4 is 4.90 Å². The maximum absolute atomic E-state index is 11.9. The minimum atomic E-state index is 0.376. The molecule has 1 N–H and O–H groups in total. The summed E-state index contributed by atoms with van der Waals surface area (Å²) in [7, 11) is 0. The van der Waals surface area contributed by atoms with Gasteiger partial charge in [-0.3, -0.25) is 4.79 Å². The van der Waals surface area contributed by atoms with Crippen LogP contribution in [0.2, 0.25) is 0 Å². The van der Waals surface area contributed by atoms with Crippen LogP contribution in [0.3, 0.4) is 0 Å². The summed E-state index contributed by atoms with van der Waals surface area (Å²) in [6.07, 6.45) is 2.24. The quantitative estimate of drug-likeness (QED) is 0.815. The SMILES string of the molecule is O=C(C1CC1)N1CC[NH+](Cc2ccccc2)CC1. The highest BCUT2D eigenvalue weighted by molar-refractivity contribution is 5.81. The lowest BCUT2D eigenvalue weighted by molar-refractivity contribution is -0.917. The van der Waals surface area contributed by atoms with Crippen LogP contribution in [0.25, 0.3) is 0 Å². The van der Waals surface area contributed by atoms with Crippen molar-refractivity contribution in [2.75, 3.05) is 26.2 Å². The van der Waals surface area contributed by atoms with Crippen molar-refractivity contribution in [3.05, 3.63) is 35.9 Å². The summed E-state index contributed by atoms with van der Waals surface area (Å²) in [5, 5.41) is 0. The minimum absolute atomic E-state index is 0.376. The lowest BCUT2D eigenvalue weighted by atomic mass is 10.2. The molecule has 1 saturated heterocycles. The summed E-state index contributed by atoms with van der Waals surface area (Å²) in [6.45, 7) is 5.15. The Morgan fingerprint density at radius 3 is 2.44 bits per heavy atom. The molecule has 2 fully saturated rings. The van der Waals surface area contributed by atoms with Crippen LogP contribution in [0.4, 0.5) is 0 Å². The molecule has 2 aliphatic rings. The van der Waals surface area contributed by atoms with Gasteiger partial charge in [0.1, 0.15) is 6.54 Å². The molecule has 3 heteroatoms. The zero-order valence-electron chi connectivity index (χ0n) is 10.8. The molecule has 1 amide bonds. The zero-order chi connectivity index (χ0) is 12.4. The molecule has 0 atom stereocenters. The van der Waals surface area contributed by atoms with Gasteiger partial charge in [-0.2, -0.15) is 0 Å². The van der Waals surface area contributed by atoms with Crippen LogP contribution in [0, 0.1) is 5.92 Å². The highest BCUT2D eigenvalue weighted by Gasteiger charge is 2.35. The number of rotatable bonds is 3. The largest absolute Gasteiger partial charge is 0.331 e. The molecule has 1 aromatic carbocycles. The van der Waals surface area contributed by atoms with Gasteiger partial charge < -0.3 is 9.80 Å². The number of hydrogen-bond donors (Lipinski definition) is 1. The molecule has 0 unspecified atom stereocenters. The molecule has 0 spiro atoms. The average molecular weight is 245 g/mol. The maximum atomic E-state index is 11.9. The standard InChI is InChI=1S/C15H20N2O/c18-15(14-6-7-14)17-10-8-16(9-11-17)12-13-4-2-1-3-5-13/h1-5,14H,6-12H2/p+1. The smallest absolute Gasteiger partial charge is 0.226 e. The molecule has 0 bridgehead atoms. The molecular weight excluding hydrogens is 224 g/mol. The van der Waals surface area contributed by atoms with Gasteiger partial charge in [-0.25, -0.2) is 0 Å². The van der Waals surface area contributed by atoms with Crippen LogP contribution in [0.15, 0.2) is 30.3 Å². The van der Waals surface area contributed by atoms with Crippen LogP contribution in [0.5, 0.6) is 0 Å². The fourth-order valence-electron chi connectivity index (χ4n) is 2.69. The average Bonchev–Trinajstić information content (AvgIpc) is 3.24. The monoisotopic (exact) mass is 245 g/mol. The molecule has 18 heavy (non-hydrogen) atoms. The number of hydrogen-bond acceptors (Lipinski definition) is 1. The van der Waals surface area contributed by atoms with Crippen LogP contribution in [0.1, 0.15) is 18.4 Å². The van der Waals surface area contributed by atoms with Gasteiger partial charge >= 0.3 is 0 Å². The fourth-order valence-corrected chi connectivity index (χ4v) is 2.69. The van der Waals surface area contributed by atoms with Crippen LogP contribution in [-0.2, 0) is 11.3 Å². The van der Waals surface area contributed by atoms with Gasteiger partial charge in [-0.05, 0) is 12.8 Å². The Morgan fingerprint density at radius 1 is 1.17 bits per heavy atom. The molecule has 96 valence electrons. The van der Waals surface area contributed by atoms with Crippen molar-refractivity contribution in [2.24, 2.45) is 5.92 Å². The number of benzene rings is 1. The van der Waals surface area contributed by atoms with Gasteiger partial charge in [0, 0.05) is 11.5 Å². The second-order valence-corrected chi connectivity index (χ2v) is 5.51. The summed E-state index contributed by atoms with van der Waals surface area (Å²) in [5.41, 5.74) is 1.40. The molecule has 0 aromatic heterocycles. The molecule has 1 aliphatic heterocycles. The van der Waals surface area contributed by atoms with E-state index in [1.165, 1.54) is 5.56 Å². The van der Waals surface area contributed by atoms with Crippen molar-refractivity contribution < 1.29 is 9.69 Å². The molecule has 1 aliphatic carbocycles. The van der Waals surface area contributed by atoms with E-state index in [0.717, 1.165) is 45.6 Å². The van der Waals surface area contributed by atoms with Crippen molar-refractivity contribution in [2.45, 2.75) is 19.4 Å². The third kappa shape index (κ3) is 2.72. The molecule has 1 saturated carbocycles. The number of amides is 1. The summed E-state index contributed by atoms with van der Waals surface area (Å²) < 4.78 is 0. The second kappa shape index (κ2) is 5.11. The lowest BCUT2D eigenvalue weighted by Crippen LogP contribution is -3.13. The van der Waals surface area contributed by atoms with E-state index >= 15 is 0 Å². The Balaban J connectivity index is 1.49. The van der Waals surface area contributed by atoms with Crippen molar-refractivity contribution in [1.29, 1.82) is 0 Å². The first-order valence-corrected chi connectivity index (χ1v) is 6.99. The minimum Gasteiger partial charge on any atom is -0.331 e. The predicted molar refractivity (Wildman–Crippen MR) is 70.1 cm³/mol. The molecule has 3 rings (SSSR count). The molecule has 1 heterocycles. The van der Waals surface area contributed by atoms with E-state index in [4.69, 9.17) is 0 Å². The van der Waals surface area contributed by atoms with E-state index in [-0.39, 0.29) is 0 Å². The predicted octanol–water partition coefficient (Wildman–Crippen LogP) is 0.324. The first kappa shape index (κ1) is 11.7. The van der Waals surface area contributed by atoms with Crippen LogP contribution in [-0.4, -0.2) is 37.0 Å². The third-order valence-electron chi connectivity index (χ3n) is 4.01. The Kier molecular flexibility index (Phi) is 3.33. The van der Waals surface area contributed by atoms with Crippen molar-refractivity contribution in [1.82, 2.24) is 4.90 Å². The number of nitrogens with one attached hydrogen (secondary N) is 1. The van der Waals surface area contributed by atoms with E-state index in [9.17, 15) is 4.79 Å². The summed E-state index contributed by atoms with van der Waals surface area (Å²) in [4.78, 5) is 15.6. The highest BCUT2D eigenvalue weighted by Crippen LogP contribution is 2.30. The number of nitrogens with zero attached hydrogens (tertiary/aromatic N) is 1. The molecule has 1 aromatic rings. The summed E-state index contributed by atoms with van der Waals surface area (Å²) >= 11 is 0. The fraction of sp³-hybridized carbons (Fsp3) is 0.533. The van der Waals surface area contributed by atoms with Crippen molar-refractivity contribution >= 4 is 5.91 Å². The van der Waals surface area contributed by atoms with Gasteiger partial charge in [-0.15, -0.1) is 0 Å². The summed E-state index contributed by atoms with van der Waals surface area (Å²) in [6, 6.07) is 10.6. The first-order valence-electron chi connectivity index (χ1n) is 6.99. The van der Waals surface area contributed by atoms with Gasteiger partial charge in [0.15, 0.2) is 0 Å². The Morgan fingerprint density at radius 2 is 1.83 bits per heavy atom. The first-order chi connectivity index (χ1) is 8.83. The topological polar surface area (TPSA) is 24.8 Å². The highest BCUT2D eigenvalue weighted by atomic mass is 16.2. The number of carbonyl (C=O) groups is 1. The van der Waals surface area contributed by atoms with E-state index in [0.29, 0.717) is 11.8 Å². The summed E-state index contributed by atoms with van der Waals surface area (Å²) in [5.74, 6) is 0.787. The van der Waals surface area contributed by atoms with E-state index in [1.807, 2.05) is 0 Å². The maximum Gasteiger partial charge on any atom is 0.226 e. The van der Waals surface area contributed by atoms with Gasteiger partial charge in [0.2, 0.25) is 5.91 Å². The van der Waals surface area contributed by atoms with Gasteiger partial charge in [0.25, 0.3) is 0 Å². The zero-order valence-corrected chi connectivity index (χ0v) is 10.8. The van der Waals surface area contributed by atoms with E-state index < -0.39 is 0 Å². The number of quaternary nitrogens is 1. The molecular formula is C15H21N2O+. The van der Waals surface area contributed by atoms with Gasteiger partial charge in [0.05, 0.1) is 26.2 Å². The Hall–Kier alpha value is -1.35. The van der Waals surface area contributed by atoms with E-state index in [2.05, 4.69) is 35.2 Å². The van der Waals surface area contributed by atoms with Crippen LogP contribution >= 0.6 is 0 Å². The van der Waals surface area contributed by atoms with Crippen molar-refractivity contribution in [3.63, 3.8) is 0 Å². The third-order valence-corrected chi connectivity index (χ3v) is 4.01. The number of carbonyl (C=O) groups excluding carboxylic acids is 1. The normalized spacial score (nSPS) is 21.0. The van der Waals surface area contributed by atoms with Crippen molar-refractivity contribution in [3.8, 4) is 0 Å². The Labute approximate surface area is 108 Å². The molecule has 0 radical (unpaired) electrons. The van der Waals surface area contributed by atoms with Gasteiger partial charge in [-0.1, -0.05) is 30.3 Å². The Bertz CT molecular complexity index is 406.